The maximum Gasteiger partial charge on any atom is 0.135 e. The molecule has 2 rings (SSSR count). The number of halogens is 1. The topological polar surface area (TPSA) is 32.5 Å². The van der Waals surface area contributed by atoms with Gasteiger partial charge in [-0.2, -0.15) is 0 Å². The molecular weight excluding hydrogens is 261 g/mol. The van der Waals surface area contributed by atoms with Gasteiger partial charge in [-0.1, -0.05) is 18.3 Å². The molecule has 0 amide bonds. The minimum absolute atomic E-state index is 0.123. The van der Waals surface area contributed by atoms with Crippen LogP contribution in [0.4, 0.5) is 10.1 Å². The van der Waals surface area contributed by atoms with Gasteiger partial charge in [-0.3, -0.25) is 0 Å². The Balaban J connectivity index is 2.40. The third-order valence-electron chi connectivity index (χ3n) is 3.59. The van der Waals surface area contributed by atoms with Gasteiger partial charge in [0, 0.05) is 19.1 Å². The number of anilines is 1. The second kappa shape index (κ2) is 5.84. The predicted molar refractivity (Wildman–Crippen MR) is 81.2 cm³/mol. The average Bonchev–Trinajstić information content (AvgIpc) is 2.49. The molecular formula is C14H20FN3S. The van der Waals surface area contributed by atoms with Crippen molar-refractivity contribution in [2.24, 2.45) is 5.73 Å². The van der Waals surface area contributed by atoms with Gasteiger partial charge in [0.15, 0.2) is 0 Å². The second-order valence-electron chi connectivity index (χ2n) is 5.16. The first-order valence-corrected chi connectivity index (χ1v) is 6.95. The van der Waals surface area contributed by atoms with Crippen LogP contribution in [0.25, 0.3) is 0 Å². The molecule has 0 aliphatic carbocycles. The van der Waals surface area contributed by atoms with Crippen LogP contribution in [-0.2, 0) is 0 Å². The van der Waals surface area contributed by atoms with Crippen LogP contribution < -0.4 is 10.6 Å². The Hall–Kier alpha value is -1.20. The van der Waals surface area contributed by atoms with Gasteiger partial charge in [-0.05, 0) is 39.1 Å². The van der Waals surface area contributed by atoms with Gasteiger partial charge < -0.3 is 15.5 Å². The van der Waals surface area contributed by atoms with Crippen LogP contribution in [0.3, 0.4) is 0 Å². The van der Waals surface area contributed by atoms with E-state index in [9.17, 15) is 4.39 Å². The van der Waals surface area contributed by atoms with E-state index in [0.29, 0.717) is 11.6 Å². The molecule has 104 valence electrons. The summed E-state index contributed by atoms with van der Waals surface area (Å²) in [7, 11) is 2.11. The number of thiocarbonyl (C=S) groups is 1. The fourth-order valence-corrected chi connectivity index (χ4v) is 2.93. The molecule has 1 unspecified atom stereocenters. The number of hydrogen-bond acceptors (Lipinski definition) is 3. The summed E-state index contributed by atoms with van der Waals surface area (Å²) in [4.78, 5) is 4.63. The van der Waals surface area contributed by atoms with Crippen molar-refractivity contribution in [2.45, 2.75) is 19.4 Å². The normalized spacial score (nSPS) is 21.2. The van der Waals surface area contributed by atoms with Crippen LogP contribution in [0.5, 0.6) is 0 Å². The van der Waals surface area contributed by atoms with E-state index in [1.165, 1.54) is 6.07 Å². The molecule has 0 bridgehead atoms. The quantitative estimate of drug-likeness (QED) is 0.840. The van der Waals surface area contributed by atoms with E-state index < -0.39 is 0 Å². The van der Waals surface area contributed by atoms with Crippen LogP contribution in [-0.4, -0.2) is 42.6 Å². The Bertz CT molecular complexity index is 478. The molecule has 1 aromatic carbocycles. The summed E-state index contributed by atoms with van der Waals surface area (Å²) in [6.07, 6.45) is 1.05. The van der Waals surface area contributed by atoms with Crippen molar-refractivity contribution >= 4 is 22.9 Å². The Morgan fingerprint density at radius 3 is 2.84 bits per heavy atom. The zero-order valence-electron chi connectivity index (χ0n) is 11.4. The van der Waals surface area contributed by atoms with Crippen molar-refractivity contribution in [1.82, 2.24) is 4.90 Å². The van der Waals surface area contributed by atoms with Crippen LogP contribution in [0.15, 0.2) is 18.2 Å². The summed E-state index contributed by atoms with van der Waals surface area (Å²) >= 11 is 5.00. The number of hydrogen-bond donors (Lipinski definition) is 1. The van der Waals surface area contributed by atoms with Gasteiger partial charge >= 0.3 is 0 Å². The molecule has 19 heavy (non-hydrogen) atoms. The van der Waals surface area contributed by atoms with Crippen molar-refractivity contribution in [3.8, 4) is 0 Å². The number of rotatable bonds is 2. The van der Waals surface area contributed by atoms with Crippen LogP contribution in [0.1, 0.15) is 18.9 Å². The molecule has 5 heteroatoms. The SMILES string of the molecule is CC1CN(C)CCCN1c1cccc(F)c1C(N)=S. The molecule has 2 N–H and O–H groups in total. The molecule has 1 saturated heterocycles. The minimum Gasteiger partial charge on any atom is -0.389 e. The summed E-state index contributed by atoms with van der Waals surface area (Å²) in [5, 5.41) is 0. The number of benzene rings is 1. The van der Waals surface area contributed by atoms with Gasteiger partial charge in [-0.25, -0.2) is 4.39 Å². The van der Waals surface area contributed by atoms with Crippen molar-refractivity contribution in [1.29, 1.82) is 0 Å². The molecule has 0 radical (unpaired) electrons. The molecule has 1 fully saturated rings. The monoisotopic (exact) mass is 281 g/mol. The predicted octanol–water partition coefficient (Wildman–Crippen LogP) is 1.99. The highest BCUT2D eigenvalue weighted by atomic mass is 32.1. The van der Waals surface area contributed by atoms with Crippen LogP contribution >= 0.6 is 12.2 Å². The first-order valence-electron chi connectivity index (χ1n) is 6.54. The zero-order valence-corrected chi connectivity index (χ0v) is 12.2. The van der Waals surface area contributed by atoms with Gasteiger partial charge in [0.2, 0.25) is 0 Å². The first-order chi connectivity index (χ1) is 9.00. The average molecular weight is 281 g/mol. The molecule has 0 aromatic heterocycles. The molecule has 0 spiro atoms. The third-order valence-corrected chi connectivity index (χ3v) is 3.80. The van der Waals surface area contributed by atoms with Gasteiger partial charge in [-0.15, -0.1) is 0 Å². The van der Waals surface area contributed by atoms with Crippen molar-refractivity contribution in [2.75, 3.05) is 31.6 Å². The van der Waals surface area contributed by atoms with E-state index >= 15 is 0 Å². The van der Waals surface area contributed by atoms with Crippen molar-refractivity contribution in [3.05, 3.63) is 29.6 Å². The highest BCUT2D eigenvalue weighted by Crippen LogP contribution is 2.26. The molecule has 1 aliphatic rings. The van der Waals surface area contributed by atoms with Gasteiger partial charge in [0.1, 0.15) is 10.8 Å². The third kappa shape index (κ3) is 3.04. The Morgan fingerprint density at radius 2 is 2.16 bits per heavy atom. The Labute approximate surface area is 119 Å². The molecule has 3 nitrogen and oxygen atoms in total. The summed E-state index contributed by atoms with van der Waals surface area (Å²) in [5.41, 5.74) is 6.87. The Morgan fingerprint density at radius 1 is 1.42 bits per heavy atom. The molecule has 1 atom stereocenters. The second-order valence-corrected chi connectivity index (χ2v) is 5.60. The van der Waals surface area contributed by atoms with E-state index in [0.717, 1.165) is 31.7 Å². The maximum atomic E-state index is 14.0. The van der Waals surface area contributed by atoms with E-state index in [1.807, 2.05) is 6.07 Å². The van der Waals surface area contributed by atoms with E-state index in [1.54, 1.807) is 6.07 Å². The largest absolute Gasteiger partial charge is 0.389 e. The zero-order chi connectivity index (χ0) is 14.0. The lowest BCUT2D eigenvalue weighted by Gasteiger charge is -2.31. The highest BCUT2D eigenvalue weighted by Gasteiger charge is 2.23. The lowest BCUT2D eigenvalue weighted by molar-refractivity contribution is 0.337. The summed E-state index contributed by atoms with van der Waals surface area (Å²) in [6, 6.07) is 5.34. The maximum absolute atomic E-state index is 14.0. The minimum atomic E-state index is -0.338. The lowest BCUT2D eigenvalue weighted by Crippen LogP contribution is -2.39. The summed E-state index contributed by atoms with van der Waals surface area (Å²) in [5.74, 6) is -0.338. The van der Waals surface area contributed by atoms with Gasteiger partial charge in [0.05, 0.1) is 11.3 Å². The van der Waals surface area contributed by atoms with E-state index in [-0.39, 0.29) is 10.8 Å². The summed E-state index contributed by atoms with van der Waals surface area (Å²) in [6.45, 7) is 5.05. The standard InChI is InChI=1S/C14H20FN3S/c1-10-9-17(2)7-4-8-18(10)12-6-3-5-11(15)13(12)14(16)19/h3,5-6,10H,4,7-9H2,1-2H3,(H2,16,19). The highest BCUT2D eigenvalue weighted by molar-refractivity contribution is 7.80. The van der Waals surface area contributed by atoms with Crippen LogP contribution in [0, 0.1) is 5.82 Å². The van der Waals surface area contributed by atoms with E-state index in [2.05, 4.69) is 23.8 Å². The summed E-state index contributed by atoms with van der Waals surface area (Å²) < 4.78 is 14.0. The Kier molecular flexibility index (Phi) is 4.37. The first kappa shape index (κ1) is 14.2. The number of nitrogens with zero attached hydrogens (tertiary/aromatic N) is 2. The number of likely N-dealkylation sites (N-methyl/N-ethyl adjacent to an activating group) is 1. The molecule has 1 heterocycles. The molecule has 0 saturated carbocycles. The lowest BCUT2D eigenvalue weighted by atomic mass is 10.1. The fourth-order valence-electron chi connectivity index (χ4n) is 2.73. The smallest absolute Gasteiger partial charge is 0.135 e. The van der Waals surface area contributed by atoms with Gasteiger partial charge in [0.25, 0.3) is 0 Å². The molecule has 1 aliphatic heterocycles. The van der Waals surface area contributed by atoms with Crippen molar-refractivity contribution in [3.63, 3.8) is 0 Å². The van der Waals surface area contributed by atoms with Crippen molar-refractivity contribution < 1.29 is 4.39 Å². The van der Waals surface area contributed by atoms with Crippen LogP contribution in [0.2, 0.25) is 0 Å². The van der Waals surface area contributed by atoms with E-state index in [4.69, 9.17) is 18.0 Å². The number of nitrogens with two attached hydrogens (primary N) is 1. The fraction of sp³-hybridized carbons (Fsp3) is 0.500. The molecule has 1 aromatic rings.